The molecule has 62 valence electrons. The smallest absolute Gasteiger partial charge is 0.315 e. The van der Waals surface area contributed by atoms with Gasteiger partial charge in [0.2, 0.25) is 0 Å². The van der Waals surface area contributed by atoms with Gasteiger partial charge in [0.15, 0.2) is 5.82 Å². The summed E-state index contributed by atoms with van der Waals surface area (Å²) < 4.78 is 32.3. The van der Waals surface area contributed by atoms with Gasteiger partial charge in [0.1, 0.15) is 6.61 Å². The van der Waals surface area contributed by atoms with Crippen LogP contribution in [-0.4, -0.2) is 17.3 Å². The van der Waals surface area contributed by atoms with Crippen molar-refractivity contribution in [3.63, 3.8) is 0 Å². The molecule has 0 aliphatic heterocycles. The van der Waals surface area contributed by atoms with Gasteiger partial charge in [-0.1, -0.05) is 5.16 Å². The Hall–Kier alpha value is -1.04. The molecule has 1 rings (SSSR count). The van der Waals surface area contributed by atoms with Gasteiger partial charge in [0.05, 0.1) is 0 Å². The standard InChI is InChI=1S/C5H6F2N2O2/c1-10-2-3-8-5(4(6)7)11-9-3/h4H,2H2,1H3. The van der Waals surface area contributed by atoms with Gasteiger partial charge in [-0.2, -0.15) is 13.8 Å². The van der Waals surface area contributed by atoms with E-state index >= 15 is 0 Å². The first-order valence-corrected chi connectivity index (χ1v) is 2.83. The molecule has 0 saturated carbocycles. The van der Waals surface area contributed by atoms with Crippen LogP contribution in [0.5, 0.6) is 0 Å². The fourth-order valence-corrected chi connectivity index (χ4v) is 0.544. The Bertz CT molecular complexity index is 226. The van der Waals surface area contributed by atoms with Crippen LogP contribution in [-0.2, 0) is 11.3 Å². The van der Waals surface area contributed by atoms with Crippen LogP contribution in [0.25, 0.3) is 0 Å². The van der Waals surface area contributed by atoms with Crippen molar-refractivity contribution in [3.8, 4) is 0 Å². The number of halogens is 2. The van der Waals surface area contributed by atoms with Crippen LogP contribution in [0.4, 0.5) is 8.78 Å². The normalized spacial score (nSPS) is 10.9. The molecule has 11 heavy (non-hydrogen) atoms. The van der Waals surface area contributed by atoms with Gasteiger partial charge in [-0.05, 0) is 0 Å². The number of nitrogens with zero attached hydrogens (tertiary/aromatic N) is 2. The topological polar surface area (TPSA) is 48.2 Å². The molecule has 0 unspecified atom stereocenters. The summed E-state index contributed by atoms with van der Waals surface area (Å²) in [7, 11) is 1.42. The molecule has 0 aliphatic carbocycles. The molecule has 1 aromatic heterocycles. The summed E-state index contributed by atoms with van der Waals surface area (Å²) in [6.45, 7) is 0.0796. The Labute approximate surface area is 61.2 Å². The third kappa shape index (κ3) is 1.94. The lowest BCUT2D eigenvalue weighted by Crippen LogP contribution is -1.90. The number of ether oxygens (including phenoxy) is 1. The predicted octanol–water partition coefficient (Wildman–Crippen LogP) is 1.15. The fraction of sp³-hybridized carbons (Fsp3) is 0.600. The number of alkyl halides is 2. The fourth-order valence-electron chi connectivity index (χ4n) is 0.544. The molecule has 0 N–H and O–H groups in total. The molecule has 6 heteroatoms. The summed E-state index contributed by atoms with van der Waals surface area (Å²) in [6, 6.07) is 0. The minimum Gasteiger partial charge on any atom is -0.377 e. The van der Waals surface area contributed by atoms with E-state index in [9.17, 15) is 8.78 Å². The van der Waals surface area contributed by atoms with Crippen molar-refractivity contribution in [2.75, 3.05) is 7.11 Å². The maximum absolute atomic E-state index is 11.8. The Morgan fingerprint density at radius 3 is 2.82 bits per heavy atom. The SMILES string of the molecule is COCc1noc(C(F)F)n1. The lowest BCUT2D eigenvalue weighted by Gasteiger charge is -1.86. The molecule has 0 atom stereocenters. The zero-order chi connectivity index (χ0) is 8.27. The van der Waals surface area contributed by atoms with Crippen LogP contribution < -0.4 is 0 Å². The monoisotopic (exact) mass is 164 g/mol. The third-order valence-electron chi connectivity index (χ3n) is 0.944. The van der Waals surface area contributed by atoms with Crippen LogP contribution in [0.3, 0.4) is 0 Å². The number of hydrogen-bond donors (Lipinski definition) is 0. The largest absolute Gasteiger partial charge is 0.377 e. The molecule has 1 heterocycles. The number of methoxy groups -OCH3 is 1. The lowest BCUT2D eigenvalue weighted by molar-refractivity contribution is 0.106. The molecular formula is C5H6F2N2O2. The van der Waals surface area contributed by atoms with Crippen LogP contribution >= 0.6 is 0 Å². The highest BCUT2D eigenvalue weighted by molar-refractivity contribution is 4.84. The van der Waals surface area contributed by atoms with E-state index in [2.05, 4.69) is 19.4 Å². The van der Waals surface area contributed by atoms with Gasteiger partial charge >= 0.3 is 6.43 Å². The molecule has 0 aromatic carbocycles. The maximum atomic E-state index is 11.8. The minimum atomic E-state index is -2.71. The summed E-state index contributed by atoms with van der Waals surface area (Å²) in [5.41, 5.74) is 0. The first-order valence-electron chi connectivity index (χ1n) is 2.83. The molecule has 0 radical (unpaired) electrons. The van der Waals surface area contributed by atoms with E-state index < -0.39 is 12.3 Å². The van der Waals surface area contributed by atoms with E-state index in [-0.39, 0.29) is 12.4 Å². The molecular weight excluding hydrogens is 158 g/mol. The van der Waals surface area contributed by atoms with E-state index in [4.69, 9.17) is 0 Å². The van der Waals surface area contributed by atoms with Crippen LogP contribution in [0, 0.1) is 0 Å². The molecule has 0 spiro atoms. The van der Waals surface area contributed by atoms with Gasteiger partial charge in [-0.3, -0.25) is 0 Å². The average Bonchev–Trinajstić information content (AvgIpc) is 2.37. The lowest BCUT2D eigenvalue weighted by atomic mass is 10.6. The highest BCUT2D eigenvalue weighted by Gasteiger charge is 2.15. The first kappa shape index (κ1) is 8.06. The first-order chi connectivity index (χ1) is 5.24. The van der Waals surface area contributed by atoms with Crippen molar-refractivity contribution >= 4 is 0 Å². The second kappa shape index (κ2) is 3.38. The highest BCUT2D eigenvalue weighted by atomic mass is 19.3. The zero-order valence-electron chi connectivity index (χ0n) is 5.75. The van der Waals surface area contributed by atoms with Crippen molar-refractivity contribution in [2.24, 2.45) is 0 Å². The van der Waals surface area contributed by atoms with Gasteiger partial charge in [-0.15, -0.1) is 0 Å². The minimum absolute atomic E-state index is 0.0796. The van der Waals surface area contributed by atoms with Gasteiger partial charge in [-0.25, -0.2) is 0 Å². The Morgan fingerprint density at radius 1 is 1.64 bits per heavy atom. The zero-order valence-corrected chi connectivity index (χ0v) is 5.75. The van der Waals surface area contributed by atoms with Crippen molar-refractivity contribution in [1.82, 2.24) is 10.1 Å². The van der Waals surface area contributed by atoms with E-state index in [1.54, 1.807) is 0 Å². The van der Waals surface area contributed by atoms with E-state index in [1.807, 2.05) is 0 Å². The molecule has 0 fully saturated rings. The molecule has 4 nitrogen and oxygen atoms in total. The molecule has 1 aromatic rings. The highest BCUT2D eigenvalue weighted by Crippen LogP contribution is 2.15. The van der Waals surface area contributed by atoms with Crippen LogP contribution in [0.15, 0.2) is 4.52 Å². The maximum Gasteiger partial charge on any atom is 0.315 e. The number of aromatic nitrogens is 2. The molecule has 0 saturated heterocycles. The average molecular weight is 164 g/mol. The summed E-state index contributed by atoms with van der Waals surface area (Å²) in [6.07, 6.45) is -2.71. The Morgan fingerprint density at radius 2 is 2.36 bits per heavy atom. The predicted molar refractivity (Wildman–Crippen MR) is 30.0 cm³/mol. The van der Waals surface area contributed by atoms with E-state index in [1.165, 1.54) is 7.11 Å². The summed E-state index contributed by atoms with van der Waals surface area (Å²) in [5, 5.41) is 3.24. The summed E-state index contributed by atoms with van der Waals surface area (Å²) >= 11 is 0. The van der Waals surface area contributed by atoms with Crippen molar-refractivity contribution < 1.29 is 18.0 Å². The summed E-state index contributed by atoms with van der Waals surface area (Å²) in [5.74, 6) is -0.542. The number of rotatable bonds is 3. The number of hydrogen-bond acceptors (Lipinski definition) is 4. The Balaban J connectivity index is 2.66. The molecule has 0 aliphatic rings. The molecule has 0 amide bonds. The van der Waals surface area contributed by atoms with Crippen molar-refractivity contribution in [1.29, 1.82) is 0 Å². The van der Waals surface area contributed by atoms with E-state index in [0.717, 1.165) is 0 Å². The van der Waals surface area contributed by atoms with E-state index in [0.29, 0.717) is 0 Å². The molecule has 0 bridgehead atoms. The van der Waals surface area contributed by atoms with Gasteiger partial charge in [0.25, 0.3) is 5.89 Å². The second-order valence-corrected chi connectivity index (χ2v) is 1.78. The summed E-state index contributed by atoms with van der Waals surface area (Å²) in [4.78, 5) is 3.35. The van der Waals surface area contributed by atoms with Crippen molar-refractivity contribution in [3.05, 3.63) is 11.7 Å². The van der Waals surface area contributed by atoms with Crippen LogP contribution in [0.2, 0.25) is 0 Å². The van der Waals surface area contributed by atoms with Crippen LogP contribution in [0.1, 0.15) is 18.1 Å². The third-order valence-corrected chi connectivity index (χ3v) is 0.944. The second-order valence-electron chi connectivity index (χ2n) is 1.78. The van der Waals surface area contributed by atoms with Crippen molar-refractivity contribution in [2.45, 2.75) is 13.0 Å². The van der Waals surface area contributed by atoms with Gasteiger partial charge in [0, 0.05) is 7.11 Å². The van der Waals surface area contributed by atoms with Gasteiger partial charge < -0.3 is 9.26 Å². The Kier molecular flexibility index (Phi) is 2.48. The quantitative estimate of drug-likeness (QED) is 0.672.